The van der Waals surface area contributed by atoms with Crippen LogP contribution in [-0.2, 0) is 14.3 Å². The molecule has 1 unspecified atom stereocenters. The van der Waals surface area contributed by atoms with Crippen molar-refractivity contribution in [1.82, 2.24) is 0 Å². The molecular weight excluding hydrogens is 273 g/mol. The van der Waals surface area contributed by atoms with Crippen LogP contribution in [0.5, 0.6) is 0 Å². The van der Waals surface area contributed by atoms with Gasteiger partial charge in [0.1, 0.15) is 5.82 Å². The number of hydrogen-bond donors (Lipinski definition) is 1. The van der Waals surface area contributed by atoms with Crippen LogP contribution in [0.1, 0.15) is 34.1 Å². The van der Waals surface area contributed by atoms with E-state index < -0.39 is 28.5 Å². The molecule has 1 aromatic carbocycles. The molecule has 1 aliphatic rings. The molecule has 0 bridgehead atoms. The minimum Gasteiger partial charge on any atom is -0.467 e. The number of benzene rings is 1. The average Bonchev–Trinajstić information content (AvgIpc) is 2.56. The Morgan fingerprint density at radius 3 is 2.38 bits per heavy atom. The van der Waals surface area contributed by atoms with Gasteiger partial charge in [0.15, 0.2) is 5.54 Å². The van der Waals surface area contributed by atoms with E-state index in [1.54, 1.807) is 18.2 Å². The molecule has 116 valence electrons. The van der Waals surface area contributed by atoms with E-state index in [9.17, 15) is 9.18 Å². The molecule has 2 rings (SSSR count). The van der Waals surface area contributed by atoms with Gasteiger partial charge in [-0.15, -0.1) is 0 Å². The van der Waals surface area contributed by atoms with E-state index in [4.69, 9.17) is 9.47 Å². The van der Waals surface area contributed by atoms with E-state index >= 15 is 0 Å². The molecule has 21 heavy (non-hydrogen) atoms. The van der Waals surface area contributed by atoms with Crippen LogP contribution in [0.2, 0.25) is 0 Å². The molecule has 0 aliphatic carbocycles. The monoisotopic (exact) mass is 295 g/mol. The lowest BCUT2D eigenvalue weighted by atomic mass is 9.78. The number of rotatable bonds is 3. The van der Waals surface area contributed by atoms with Crippen molar-refractivity contribution in [3.63, 3.8) is 0 Å². The number of methoxy groups -OCH3 is 1. The molecule has 1 fully saturated rings. The summed E-state index contributed by atoms with van der Waals surface area (Å²) in [6.45, 7) is 7.43. The topological polar surface area (TPSA) is 47.6 Å². The summed E-state index contributed by atoms with van der Waals surface area (Å²) in [6.07, 6.45) is 0.383. The predicted octanol–water partition coefficient (Wildman–Crippen LogP) is 3.13. The highest BCUT2D eigenvalue weighted by atomic mass is 19.1. The average molecular weight is 295 g/mol. The van der Waals surface area contributed by atoms with Crippen molar-refractivity contribution >= 4 is 11.7 Å². The standard InChI is InChI=1S/C16H22FNO3/c1-14(2)10-16(13(19)20-5,15(3,4)21-14)18-12-9-7-6-8-11(12)17/h6-9,18H,10H2,1-5H3. The molecule has 1 atom stereocenters. The normalized spacial score (nSPS) is 26.4. The first-order valence-electron chi connectivity index (χ1n) is 6.95. The van der Waals surface area contributed by atoms with E-state index in [0.29, 0.717) is 6.42 Å². The Bertz CT molecular complexity index is 556. The molecule has 0 amide bonds. The van der Waals surface area contributed by atoms with Gasteiger partial charge in [0.05, 0.1) is 24.0 Å². The Kier molecular flexibility index (Phi) is 3.74. The summed E-state index contributed by atoms with van der Waals surface area (Å²) in [4.78, 5) is 12.5. The first-order valence-corrected chi connectivity index (χ1v) is 6.95. The largest absolute Gasteiger partial charge is 0.467 e. The lowest BCUT2D eigenvalue weighted by Gasteiger charge is -2.38. The number of esters is 1. The van der Waals surface area contributed by atoms with Gasteiger partial charge in [-0.2, -0.15) is 0 Å². The van der Waals surface area contributed by atoms with Crippen molar-refractivity contribution in [1.29, 1.82) is 0 Å². The first-order chi connectivity index (χ1) is 9.63. The second-order valence-electron chi connectivity index (χ2n) is 6.55. The van der Waals surface area contributed by atoms with Crippen LogP contribution in [-0.4, -0.2) is 29.8 Å². The Hall–Kier alpha value is -1.62. The molecule has 1 N–H and O–H groups in total. The Labute approximate surface area is 124 Å². The molecule has 1 aromatic rings. The van der Waals surface area contributed by atoms with Gasteiger partial charge in [0.25, 0.3) is 0 Å². The minimum atomic E-state index is -1.15. The summed E-state index contributed by atoms with van der Waals surface area (Å²) in [5.41, 5.74) is -2.24. The third-order valence-corrected chi connectivity index (χ3v) is 4.01. The van der Waals surface area contributed by atoms with Crippen LogP contribution in [0.4, 0.5) is 10.1 Å². The van der Waals surface area contributed by atoms with Gasteiger partial charge >= 0.3 is 5.97 Å². The van der Waals surface area contributed by atoms with Crippen molar-refractivity contribution in [2.24, 2.45) is 0 Å². The van der Waals surface area contributed by atoms with E-state index in [2.05, 4.69) is 5.32 Å². The third-order valence-electron chi connectivity index (χ3n) is 4.01. The number of ether oxygens (including phenoxy) is 2. The molecule has 1 aliphatic heterocycles. The molecular formula is C16H22FNO3. The van der Waals surface area contributed by atoms with Gasteiger partial charge in [-0.25, -0.2) is 9.18 Å². The molecule has 0 radical (unpaired) electrons. The lowest BCUT2D eigenvalue weighted by molar-refractivity contribution is -0.152. The molecule has 4 nitrogen and oxygen atoms in total. The summed E-state index contributed by atoms with van der Waals surface area (Å²) in [7, 11) is 1.33. The van der Waals surface area contributed by atoms with Gasteiger partial charge in [-0.05, 0) is 39.8 Å². The minimum absolute atomic E-state index is 0.261. The zero-order valence-electron chi connectivity index (χ0n) is 13.1. The van der Waals surface area contributed by atoms with Crippen LogP contribution in [0.25, 0.3) is 0 Å². The quantitative estimate of drug-likeness (QED) is 0.870. The van der Waals surface area contributed by atoms with Gasteiger partial charge in [0.2, 0.25) is 0 Å². The highest BCUT2D eigenvalue weighted by molar-refractivity contribution is 5.87. The lowest BCUT2D eigenvalue weighted by Crippen LogP contribution is -2.59. The fraction of sp³-hybridized carbons (Fsp3) is 0.562. The Morgan fingerprint density at radius 1 is 1.29 bits per heavy atom. The van der Waals surface area contributed by atoms with Crippen molar-refractivity contribution in [3.05, 3.63) is 30.1 Å². The van der Waals surface area contributed by atoms with E-state index in [1.165, 1.54) is 13.2 Å². The maximum Gasteiger partial charge on any atom is 0.334 e. The van der Waals surface area contributed by atoms with Crippen molar-refractivity contribution in [3.8, 4) is 0 Å². The molecule has 1 heterocycles. The second kappa shape index (κ2) is 4.98. The van der Waals surface area contributed by atoms with Gasteiger partial charge in [-0.3, -0.25) is 0 Å². The number of anilines is 1. The molecule has 0 saturated carbocycles. The van der Waals surface area contributed by atoms with Crippen LogP contribution < -0.4 is 5.32 Å². The highest BCUT2D eigenvalue weighted by Gasteiger charge is 2.63. The number of hydrogen-bond acceptors (Lipinski definition) is 4. The first kappa shape index (κ1) is 15.8. The fourth-order valence-electron chi connectivity index (χ4n) is 3.20. The van der Waals surface area contributed by atoms with E-state index in [1.807, 2.05) is 27.7 Å². The number of carbonyl (C=O) groups is 1. The maximum absolute atomic E-state index is 14.0. The van der Waals surface area contributed by atoms with E-state index in [-0.39, 0.29) is 5.69 Å². The zero-order chi connectivity index (χ0) is 15.9. The van der Waals surface area contributed by atoms with Gasteiger partial charge in [0, 0.05) is 6.42 Å². The second-order valence-corrected chi connectivity index (χ2v) is 6.55. The number of para-hydroxylation sites is 1. The number of nitrogens with one attached hydrogen (secondary N) is 1. The molecule has 5 heteroatoms. The molecule has 0 aromatic heterocycles. The van der Waals surface area contributed by atoms with Gasteiger partial charge in [-0.1, -0.05) is 12.1 Å². The van der Waals surface area contributed by atoms with Crippen LogP contribution in [0.3, 0.4) is 0 Å². The van der Waals surface area contributed by atoms with Crippen molar-refractivity contribution in [2.45, 2.75) is 50.9 Å². The predicted molar refractivity (Wildman–Crippen MR) is 78.6 cm³/mol. The van der Waals surface area contributed by atoms with Crippen molar-refractivity contribution in [2.75, 3.05) is 12.4 Å². The summed E-state index contributed by atoms with van der Waals surface area (Å²) in [5.74, 6) is -0.873. The highest BCUT2D eigenvalue weighted by Crippen LogP contribution is 2.47. The Morgan fingerprint density at radius 2 is 1.90 bits per heavy atom. The number of halogens is 1. The third kappa shape index (κ3) is 2.62. The molecule has 0 spiro atoms. The van der Waals surface area contributed by atoms with Crippen LogP contribution in [0.15, 0.2) is 24.3 Å². The molecule has 1 saturated heterocycles. The smallest absolute Gasteiger partial charge is 0.334 e. The summed E-state index contributed by atoms with van der Waals surface area (Å²) in [5, 5.41) is 3.04. The van der Waals surface area contributed by atoms with Crippen LogP contribution in [0, 0.1) is 5.82 Å². The SMILES string of the molecule is COC(=O)C1(Nc2ccccc2F)CC(C)(C)OC1(C)C. The van der Waals surface area contributed by atoms with E-state index in [0.717, 1.165) is 0 Å². The summed E-state index contributed by atoms with van der Waals surface area (Å²) < 4.78 is 24.9. The summed E-state index contributed by atoms with van der Waals surface area (Å²) in [6, 6.07) is 6.26. The fourth-order valence-corrected chi connectivity index (χ4v) is 3.20. The van der Waals surface area contributed by atoms with Crippen molar-refractivity contribution < 1.29 is 18.7 Å². The van der Waals surface area contributed by atoms with Crippen LogP contribution >= 0.6 is 0 Å². The number of carbonyl (C=O) groups excluding carboxylic acids is 1. The zero-order valence-corrected chi connectivity index (χ0v) is 13.1. The summed E-state index contributed by atoms with van der Waals surface area (Å²) >= 11 is 0. The Balaban J connectivity index is 2.49. The maximum atomic E-state index is 14.0. The van der Waals surface area contributed by atoms with Gasteiger partial charge < -0.3 is 14.8 Å².